The number of aryl methyl sites for hydroxylation is 1. The number of hydrogen-bond acceptors (Lipinski definition) is 4. The van der Waals surface area contributed by atoms with Crippen LogP contribution in [0, 0.1) is 6.92 Å². The van der Waals surface area contributed by atoms with Crippen LogP contribution in [-0.2, 0) is 11.3 Å². The third kappa shape index (κ3) is 3.85. The SMILES string of the molecule is Cc1ncc(CNCCOC2CCCC2)s1. The molecule has 0 atom stereocenters. The summed E-state index contributed by atoms with van der Waals surface area (Å²) in [5.41, 5.74) is 0. The largest absolute Gasteiger partial charge is 0.377 e. The summed E-state index contributed by atoms with van der Waals surface area (Å²) in [6.45, 7) is 4.73. The third-order valence-corrected chi connectivity index (χ3v) is 3.82. The molecule has 0 amide bonds. The molecule has 0 spiro atoms. The molecular weight excluding hydrogens is 220 g/mol. The van der Waals surface area contributed by atoms with Crippen molar-refractivity contribution in [2.24, 2.45) is 0 Å². The maximum Gasteiger partial charge on any atom is 0.0897 e. The molecule has 1 heterocycles. The molecule has 90 valence electrons. The summed E-state index contributed by atoms with van der Waals surface area (Å²) in [5.74, 6) is 0. The zero-order valence-corrected chi connectivity index (χ0v) is 10.7. The Balaban J connectivity index is 1.51. The lowest BCUT2D eigenvalue weighted by Gasteiger charge is -2.10. The number of nitrogens with zero attached hydrogens (tertiary/aromatic N) is 1. The van der Waals surface area contributed by atoms with Gasteiger partial charge < -0.3 is 10.1 Å². The fourth-order valence-corrected chi connectivity index (χ4v) is 2.82. The second-order valence-electron chi connectivity index (χ2n) is 4.30. The van der Waals surface area contributed by atoms with Gasteiger partial charge in [-0.3, -0.25) is 0 Å². The third-order valence-electron chi connectivity index (χ3n) is 2.90. The molecule has 0 aromatic carbocycles. The first-order valence-corrected chi connectivity index (χ1v) is 6.90. The van der Waals surface area contributed by atoms with E-state index in [-0.39, 0.29) is 0 Å². The molecule has 0 saturated heterocycles. The Bertz CT molecular complexity index is 308. The fraction of sp³-hybridized carbons (Fsp3) is 0.750. The quantitative estimate of drug-likeness (QED) is 0.776. The van der Waals surface area contributed by atoms with Gasteiger partial charge in [0.1, 0.15) is 0 Å². The lowest BCUT2D eigenvalue weighted by atomic mass is 10.3. The predicted molar refractivity (Wildman–Crippen MR) is 66.8 cm³/mol. The molecule has 1 aliphatic rings. The molecule has 1 fully saturated rings. The van der Waals surface area contributed by atoms with Crippen molar-refractivity contribution in [1.82, 2.24) is 10.3 Å². The average molecular weight is 240 g/mol. The monoisotopic (exact) mass is 240 g/mol. The number of hydrogen-bond donors (Lipinski definition) is 1. The van der Waals surface area contributed by atoms with E-state index in [1.54, 1.807) is 11.3 Å². The molecule has 1 aliphatic carbocycles. The van der Waals surface area contributed by atoms with E-state index in [2.05, 4.69) is 10.3 Å². The van der Waals surface area contributed by atoms with Crippen LogP contribution in [0.1, 0.15) is 35.6 Å². The normalized spacial score (nSPS) is 17.1. The second kappa shape index (κ2) is 6.33. The van der Waals surface area contributed by atoms with Gasteiger partial charge in [0.25, 0.3) is 0 Å². The second-order valence-corrected chi connectivity index (χ2v) is 5.62. The zero-order valence-electron chi connectivity index (χ0n) is 9.87. The topological polar surface area (TPSA) is 34.2 Å². The molecule has 0 unspecified atom stereocenters. The molecular formula is C12H20N2OS. The molecule has 0 bridgehead atoms. The highest BCUT2D eigenvalue weighted by Crippen LogP contribution is 2.20. The van der Waals surface area contributed by atoms with Crippen molar-refractivity contribution < 1.29 is 4.74 Å². The van der Waals surface area contributed by atoms with Gasteiger partial charge in [-0.1, -0.05) is 12.8 Å². The van der Waals surface area contributed by atoms with E-state index in [1.165, 1.54) is 30.6 Å². The summed E-state index contributed by atoms with van der Waals surface area (Å²) >= 11 is 1.76. The lowest BCUT2D eigenvalue weighted by molar-refractivity contribution is 0.0603. The van der Waals surface area contributed by atoms with Crippen LogP contribution < -0.4 is 5.32 Å². The highest BCUT2D eigenvalue weighted by Gasteiger charge is 2.14. The molecule has 4 heteroatoms. The van der Waals surface area contributed by atoms with Crippen molar-refractivity contribution in [2.75, 3.05) is 13.2 Å². The predicted octanol–water partition coefficient (Wildman–Crippen LogP) is 2.50. The fourth-order valence-electron chi connectivity index (χ4n) is 2.05. The number of ether oxygens (including phenoxy) is 1. The van der Waals surface area contributed by atoms with E-state index in [9.17, 15) is 0 Å². The molecule has 0 aliphatic heterocycles. The first-order valence-electron chi connectivity index (χ1n) is 6.08. The van der Waals surface area contributed by atoms with Crippen LogP contribution in [0.5, 0.6) is 0 Å². The van der Waals surface area contributed by atoms with Gasteiger partial charge >= 0.3 is 0 Å². The summed E-state index contributed by atoms with van der Waals surface area (Å²) in [4.78, 5) is 5.53. The zero-order chi connectivity index (χ0) is 11.2. The van der Waals surface area contributed by atoms with Crippen molar-refractivity contribution in [3.8, 4) is 0 Å². The van der Waals surface area contributed by atoms with E-state index in [0.29, 0.717) is 6.10 Å². The van der Waals surface area contributed by atoms with E-state index in [0.717, 1.165) is 24.7 Å². The van der Waals surface area contributed by atoms with Crippen molar-refractivity contribution in [1.29, 1.82) is 0 Å². The summed E-state index contributed by atoms with van der Waals surface area (Å²) < 4.78 is 5.77. The minimum atomic E-state index is 0.535. The summed E-state index contributed by atoms with van der Waals surface area (Å²) in [6, 6.07) is 0. The first-order chi connectivity index (χ1) is 7.84. The molecule has 1 N–H and O–H groups in total. The Morgan fingerprint density at radius 3 is 3.00 bits per heavy atom. The summed E-state index contributed by atoms with van der Waals surface area (Å²) in [7, 11) is 0. The molecule has 2 rings (SSSR count). The van der Waals surface area contributed by atoms with Gasteiger partial charge in [-0.05, 0) is 19.8 Å². The van der Waals surface area contributed by atoms with Crippen LogP contribution in [0.15, 0.2) is 6.20 Å². The van der Waals surface area contributed by atoms with Gasteiger partial charge in [0, 0.05) is 24.2 Å². The standard InChI is InChI=1S/C12H20N2OS/c1-10-14-9-12(16-10)8-13-6-7-15-11-4-2-3-5-11/h9,11,13H,2-8H2,1H3. The number of thiazole rings is 1. The smallest absolute Gasteiger partial charge is 0.0897 e. The summed E-state index contributed by atoms with van der Waals surface area (Å²) in [5, 5.41) is 4.52. The van der Waals surface area contributed by atoms with E-state index in [4.69, 9.17) is 4.74 Å². The van der Waals surface area contributed by atoms with Gasteiger partial charge in [-0.2, -0.15) is 0 Å². The Kier molecular flexibility index (Phi) is 4.75. The van der Waals surface area contributed by atoms with Crippen LogP contribution in [-0.4, -0.2) is 24.2 Å². The number of nitrogens with one attached hydrogen (secondary N) is 1. The Morgan fingerprint density at radius 1 is 1.50 bits per heavy atom. The number of aromatic nitrogens is 1. The lowest BCUT2D eigenvalue weighted by Crippen LogP contribution is -2.21. The molecule has 3 nitrogen and oxygen atoms in total. The van der Waals surface area contributed by atoms with E-state index >= 15 is 0 Å². The van der Waals surface area contributed by atoms with Gasteiger partial charge in [0.05, 0.1) is 17.7 Å². The molecule has 16 heavy (non-hydrogen) atoms. The Labute approximate surface area is 101 Å². The van der Waals surface area contributed by atoms with Crippen molar-refractivity contribution in [3.05, 3.63) is 16.1 Å². The Hall–Kier alpha value is -0.450. The maximum absolute atomic E-state index is 5.77. The van der Waals surface area contributed by atoms with Gasteiger partial charge in [0.15, 0.2) is 0 Å². The van der Waals surface area contributed by atoms with E-state index in [1.807, 2.05) is 13.1 Å². The van der Waals surface area contributed by atoms with Crippen molar-refractivity contribution in [2.45, 2.75) is 45.3 Å². The van der Waals surface area contributed by atoms with Gasteiger partial charge in [-0.25, -0.2) is 4.98 Å². The number of rotatable bonds is 6. The minimum Gasteiger partial charge on any atom is -0.377 e. The molecule has 1 saturated carbocycles. The van der Waals surface area contributed by atoms with Crippen LogP contribution in [0.4, 0.5) is 0 Å². The van der Waals surface area contributed by atoms with Crippen molar-refractivity contribution in [3.63, 3.8) is 0 Å². The summed E-state index contributed by atoms with van der Waals surface area (Å²) in [6.07, 6.45) is 7.69. The molecule has 0 radical (unpaired) electrons. The van der Waals surface area contributed by atoms with Crippen molar-refractivity contribution >= 4 is 11.3 Å². The first kappa shape index (κ1) is 12.0. The van der Waals surface area contributed by atoms with Crippen LogP contribution in [0.2, 0.25) is 0 Å². The highest BCUT2D eigenvalue weighted by molar-refractivity contribution is 7.11. The molecule has 1 aromatic rings. The van der Waals surface area contributed by atoms with Gasteiger partial charge in [-0.15, -0.1) is 11.3 Å². The van der Waals surface area contributed by atoms with E-state index < -0.39 is 0 Å². The minimum absolute atomic E-state index is 0.535. The molecule has 1 aromatic heterocycles. The van der Waals surface area contributed by atoms with Crippen LogP contribution >= 0.6 is 11.3 Å². The van der Waals surface area contributed by atoms with Crippen LogP contribution in [0.25, 0.3) is 0 Å². The highest BCUT2D eigenvalue weighted by atomic mass is 32.1. The van der Waals surface area contributed by atoms with Crippen LogP contribution in [0.3, 0.4) is 0 Å². The average Bonchev–Trinajstić information content (AvgIpc) is 2.89. The van der Waals surface area contributed by atoms with Gasteiger partial charge in [0.2, 0.25) is 0 Å². The maximum atomic E-state index is 5.77. The Morgan fingerprint density at radius 2 is 2.31 bits per heavy atom.